The number of nitrogens with one attached hydrogen (secondary N) is 1. The van der Waals surface area contributed by atoms with Crippen molar-refractivity contribution in [2.24, 2.45) is 0 Å². The number of nitrogens with two attached hydrogens (primary N) is 1. The highest BCUT2D eigenvalue weighted by molar-refractivity contribution is 8.00. The van der Waals surface area contributed by atoms with E-state index in [1.54, 1.807) is 20.8 Å². The molecule has 2 atom stereocenters. The third kappa shape index (κ3) is 7.36. The molecule has 0 saturated carbocycles. The van der Waals surface area contributed by atoms with Gasteiger partial charge in [0.15, 0.2) is 6.10 Å². The van der Waals surface area contributed by atoms with Crippen molar-refractivity contribution in [1.29, 1.82) is 0 Å². The lowest BCUT2D eigenvalue weighted by atomic mass is 10.00. The second-order valence-electron chi connectivity index (χ2n) is 11.4. The van der Waals surface area contributed by atoms with Crippen LogP contribution in [-0.2, 0) is 19.1 Å². The van der Waals surface area contributed by atoms with Crippen LogP contribution in [0.2, 0.25) is 0 Å². The minimum absolute atomic E-state index is 0.203. The van der Waals surface area contributed by atoms with Crippen molar-refractivity contribution in [1.82, 2.24) is 20.2 Å². The summed E-state index contributed by atoms with van der Waals surface area (Å²) < 4.78 is 11.6. The second-order valence-corrected chi connectivity index (χ2v) is 13.6. The van der Waals surface area contributed by atoms with Crippen molar-refractivity contribution in [2.75, 3.05) is 17.2 Å². The Bertz CT molecular complexity index is 1500. The van der Waals surface area contributed by atoms with Gasteiger partial charge >= 0.3 is 12.1 Å². The van der Waals surface area contributed by atoms with Crippen LogP contribution in [0.5, 0.6) is 0 Å². The highest BCUT2D eigenvalue weighted by atomic mass is 32.2. The fourth-order valence-electron chi connectivity index (χ4n) is 4.96. The van der Waals surface area contributed by atoms with E-state index in [4.69, 9.17) is 15.2 Å². The zero-order valence-corrected chi connectivity index (χ0v) is 26.6. The predicted molar refractivity (Wildman–Crippen MR) is 171 cm³/mol. The number of benzene rings is 2. The molecule has 2 aliphatic rings. The van der Waals surface area contributed by atoms with E-state index in [1.807, 2.05) is 73.7 Å². The number of aromatic nitrogens is 2. The van der Waals surface area contributed by atoms with Gasteiger partial charge in [0, 0.05) is 17.2 Å². The molecule has 0 unspecified atom stereocenters. The summed E-state index contributed by atoms with van der Waals surface area (Å²) in [6, 6.07) is 20.0. The van der Waals surface area contributed by atoms with E-state index < -0.39 is 35.2 Å². The normalized spacial score (nSPS) is 18.0. The van der Waals surface area contributed by atoms with E-state index in [0.717, 1.165) is 27.4 Å². The van der Waals surface area contributed by atoms with Crippen molar-refractivity contribution in [3.8, 4) is 0 Å². The molecular formula is C32H35N5O5S2. The van der Waals surface area contributed by atoms with E-state index in [2.05, 4.69) is 15.3 Å². The van der Waals surface area contributed by atoms with Crippen molar-refractivity contribution < 1.29 is 23.9 Å². The maximum absolute atomic E-state index is 14.1. The summed E-state index contributed by atoms with van der Waals surface area (Å²) in [5.41, 5.74) is 8.49. The van der Waals surface area contributed by atoms with Gasteiger partial charge < -0.3 is 20.5 Å². The van der Waals surface area contributed by atoms with Gasteiger partial charge in [-0.25, -0.2) is 19.6 Å². The molecule has 3 aromatic rings. The average Bonchev–Trinajstić information content (AvgIpc) is 2.97. The van der Waals surface area contributed by atoms with Crippen LogP contribution >= 0.6 is 23.5 Å². The summed E-state index contributed by atoms with van der Waals surface area (Å²) in [6.07, 6.45) is -0.855. The molecule has 44 heavy (non-hydrogen) atoms. The Morgan fingerprint density at radius 1 is 1.09 bits per heavy atom. The van der Waals surface area contributed by atoms with Gasteiger partial charge in [0.1, 0.15) is 27.7 Å². The number of amides is 2. The van der Waals surface area contributed by atoms with Crippen LogP contribution in [0, 0.1) is 6.92 Å². The largest absolute Gasteiger partial charge is 0.448 e. The number of nitrogens with zero attached hydrogens (tertiary/aromatic N) is 3. The first-order chi connectivity index (χ1) is 21.0. The fraction of sp³-hybridized carbons (Fsp3) is 0.344. The summed E-state index contributed by atoms with van der Waals surface area (Å²) in [6.45, 7) is 7.12. The minimum atomic E-state index is -0.820. The Balaban J connectivity index is 1.42. The summed E-state index contributed by atoms with van der Waals surface area (Å²) in [5, 5.41) is 2.95. The molecular weight excluding hydrogens is 599 g/mol. The molecule has 0 radical (unpaired) electrons. The average molecular weight is 634 g/mol. The zero-order valence-electron chi connectivity index (χ0n) is 25.0. The number of alkyl carbamates (subject to hydrolysis) is 1. The van der Waals surface area contributed by atoms with Gasteiger partial charge in [0.25, 0.3) is 5.91 Å². The Morgan fingerprint density at radius 3 is 2.32 bits per heavy atom. The van der Waals surface area contributed by atoms with Crippen molar-refractivity contribution >= 4 is 47.4 Å². The number of aryl methyl sites for hydroxylation is 1. The number of carbonyl (C=O) groups is 3. The lowest BCUT2D eigenvalue weighted by molar-refractivity contribution is -0.153. The fourth-order valence-corrected chi connectivity index (χ4v) is 7.32. The number of hydrogen-bond donors (Lipinski definition) is 2. The van der Waals surface area contributed by atoms with E-state index in [0.29, 0.717) is 17.9 Å². The molecule has 0 bridgehead atoms. The lowest BCUT2D eigenvalue weighted by Crippen LogP contribution is -2.70. The number of ether oxygens (including phenoxy) is 2. The highest BCUT2D eigenvalue weighted by Crippen LogP contribution is 2.43. The topological polar surface area (TPSA) is 137 Å². The van der Waals surface area contributed by atoms with Gasteiger partial charge in [-0.05, 0) is 56.9 Å². The molecule has 230 valence electrons. The molecule has 12 heteroatoms. The number of fused-ring (bicyclic) bond motifs is 1. The molecule has 5 rings (SSSR count). The van der Waals surface area contributed by atoms with Crippen LogP contribution in [0.4, 0.5) is 10.7 Å². The molecule has 3 N–H and O–H groups in total. The van der Waals surface area contributed by atoms with E-state index in [-0.39, 0.29) is 17.6 Å². The van der Waals surface area contributed by atoms with Crippen LogP contribution in [0.3, 0.4) is 0 Å². The summed E-state index contributed by atoms with van der Waals surface area (Å²) in [7, 11) is 0. The Kier molecular flexibility index (Phi) is 9.50. The van der Waals surface area contributed by atoms with Gasteiger partial charge in [-0.3, -0.25) is 9.69 Å². The number of β-lactam (4-membered cyclic amide) rings is 1. The van der Waals surface area contributed by atoms with Crippen molar-refractivity contribution in [3.63, 3.8) is 0 Å². The predicted octanol–water partition coefficient (Wildman–Crippen LogP) is 5.24. The molecule has 1 fully saturated rings. The molecule has 2 aromatic carbocycles. The number of nitrogen functional groups attached to an aromatic ring is 1. The SMILES string of the molecule is Cc1cc(SCCC2=C(C(=O)OC(c3ccccc3)c3ccccc3)N3C(=O)[C@@H](NC(=O)OC(C)(C)C)[C@H]3SC2)nc(N)n1. The van der Waals surface area contributed by atoms with Gasteiger partial charge in [-0.1, -0.05) is 60.7 Å². The van der Waals surface area contributed by atoms with Crippen molar-refractivity contribution in [2.45, 2.75) is 62.3 Å². The third-order valence-corrected chi connectivity index (χ3v) is 9.10. The van der Waals surface area contributed by atoms with Crippen LogP contribution in [0.15, 0.2) is 83.0 Å². The molecule has 0 aliphatic carbocycles. The first-order valence-corrected chi connectivity index (χ1v) is 16.2. The second kappa shape index (κ2) is 13.3. The standard InChI is InChI=1S/C32H35N5O5S2/c1-19-17-23(35-30(33)34-19)43-16-15-22-18-44-28-24(36-31(40)42-32(2,3)4)27(38)37(28)25(22)29(39)41-26(20-11-7-5-8-12-20)21-13-9-6-10-14-21/h5-14,17,24,26,28H,15-16,18H2,1-4H3,(H,36,40)(H2,33,34,35)/t24-,28-/m1/s1. The summed E-state index contributed by atoms with van der Waals surface area (Å²) in [5.74, 6) is 0.294. The Labute approximate surface area is 265 Å². The van der Waals surface area contributed by atoms with Gasteiger partial charge in [0.2, 0.25) is 5.95 Å². The van der Waals surface area contributed by atoms with Crippen LogP contribution in [0.25, 0.3) is 0 Å². The number of hydrogen-bond acceptors (Lipinski definition) is 10. The number of carbonyl (C=O) groups excluding carboxylic acids is 3. The number of rotatable bonds is 9. The van der Waals surface area contributed by atoms with Crippen molar-refractivity contribution in [3.05, 3.63) is 94.8 Å². The molecule has 1 aromatic heterocycles. The van der Waals surface area contributed by atoms with Gasteiger partial charge in [-0.15, -0.1) is 23.5 Å². The molecule has 10 nitrogen and oxygen atoms in total. The van der Waals surface area contributed by atoms with Gasteiger partial charge in [-0.2, -0.15) is 0 Å². The Hall–Kier alpha value is -4.03. The molecule has 1 saturated heterocycles. The number of anilines is 1. The lowest BCUT2D eigenvalue weighted by Gasteiger charge is -2.49. The van der Waals surface area contributed by atoms with E-state index in [1.165, 1.54) is 28.4 Å². The summed E-state index contributed by atoms with van der Waals surface area (Å²) in [4.78, 5) is 50.0. The third-order valence-electron chi connectivity index (χ3n) is 6.84. The maximum Gasteiger partial charge on any atom is 0.408 e. The van der Waals surface area contributed by atoms with Crippen LogP contribution in [0.1, 0.15) is 50.1 Å². The van der Waals surface area contributed by atoms with Gasteiger partial charge in [0.05, 0.1) is 0 Å². The quantitative estimate of drug-likeness (QED) is 0.139. The zero-order chi connectivity index (χ0) is 31.4. The number of thioether (sulfide) groups is 2. The van der Waals surface area contributed by atoms with Crippen LogP contribution < -0.4 is 11.1 Å². The number of esters is 1. The smallest absolute Gasteiger partial charge is 0.408 e. The summed E-state index contributed by atoms with van der Waals surface area (Å²) >= 11 is 2.99. The van der Waals surface area contributed by atoms with E-state index in [9.17, 15) is 14.4 Å². The molecule has 3 heterocycles. The highest BCUT2D eigenvalue weighted by Gasteiger charge is 2.55. The first-order valence-electron chi connectivity index (χ1n) is 14.2. The Morgan fingerprint density at radius 2 is 1.73 bits per heavy atom. The van der Waals surface area contributed by atoms with E-state index >= 15 is 0 Å². The molecule has 2 aliphatic heterocycles. The molecule has 0 spiro atoms. The minimum Gasteiger partial charge on any atom is -0.448 e. The molecule has 2 amide bonds. The first kappa shape index (κ1) is 31.4. The van der Waals surface area contributed by atoms with Crippen LogP contribution in [-0.4, -0.2) is 61.4 Å². The monoisotopic (exact) mass is 633 g/mol. The maximum atomic E-state index is 14.1.